The van der Waals surface area contributed by atoms with E-state index in [-0.39, 0.29) is 11.0 Å². The number of nitrogens with zero attached hydrogens (tertiary/aromatic N) is 1. The third-order valence-corrected chi connectivity index (χ3v) is 5.52. The highest BCUT2D eigenvalue weighted by molar-refractivity contribution is 8.18. The Labute approximate surface area is 197 Å². The highest BCUT2D eigenvalue weighted by Crippen LogP contribution is 2.35. The summed E-state index contributed by atoms with van der Waals surface area (Å²) in [6.45, 7) is 7.74. The third-order valence-electron chi connectivity index (χ3n) is 4.61. The molecule has 0 radical (unpaired) electrons. The summed E-state index contributed by atoms with van der Waals surface area (Å²) in [6, 6.07) is 13.4. The maximum atomic E-state index is 12.7. The van der Waals surface area contributed by atoms with Crippen molar-refractivity contribution in [3.63, 3.8) is 0 Å². The maximum absolute atomic E-state index is 12.7. The van der Waals surface area contributed by atoms with Crippen molar-refractivity contribution in [2.24, 2.45) is 0 Å². The summed E-state index contributed by atoms with van der Waals surface area (Å²) in [6.07, 6.45) is 1.28. The van der Waals surface area contributed by atoms with Crippen LogP contribution in [0.1, 0.15) is 37.5 Å². The molecule has 0 unspecified atom stereocenters. The quantitative estimate of drug-likeness (QED) is 0.379. The van der Waals surface area contributed by atoms with Crippen LogP contribution in [0.4, 0.5) is 4.79 Å². The zero-order chi connectivity index (χ0) is 24.0. The van der Waals surface area contributed by atoms with Crippen molar-refractivity contribution in [2.45, 2.75) is 40.4 Å². The predicted molar refractivity (Wildman–Crippen MR) is 127 cm³/mol. The number of hydrogen-bond donors (Lipinski definition) is 0. The summed E-state index contributed by atoms with van der Waals surface area (Å²) in [5.41, 5.74) is 2.90. The second-order valence-corrected chi connectivity index (χ2v) is 8.71. The van der Waals surface area contributed by atoms with E-state index < -0.39 is 23.7 Å². The van der Waals surface area contributed by atoms with Gasteiger partial charge in [0.1, 0.15) is 13.2 Å². The Balaban J connectivity index is 1.74. The average molecular weight is 470 g/mol. The second-order valence-electron chi connectivity index (χ2n) is 7.72. The van der Waals surface area contributed by atoms with Crippen LogP contribution in [0.2, 0.25) is 0 Å². The summed E-state index contributed by atoms with van der Waals surface area (Å²) >= 11 is 0.788. The van der Waals surface area contributed by atoms with Crippen LogP contribution in [0, 0.1) is 6.92 Å². The van der Waals surface area contributed by atoms with Crippen LogP contribution in [-0.4, -0.2) is 41.3 Å². The molecular weight excluding hydrogens is 442 g/mol. The fourth-order valence-corrected chi connectivity index (χ4v) is 3.90. The lowest BCUT2D eigenvalue weighted by molar-refractivity contribution is -0.149. The van der Waals surface area contributed by atoms with Crippen molar-refractivity contribution in [1.29, 1.82) is 0 Å². The van der Waals surface area contributed by atoms with Crippen LogP contribution in [-0.2, 0) is 20.9 Å². The number of carbonyl (C=O) groups excluding carboxylic acids is 3. The van der Waals surface area contributed by atoms with Gasteiger partial charge in [-0.2, -0.15) is 0 Å². The van der Waals surface area contributed by atoms with Gasteiger partial charge in [0.2, 0.25) is 0 Å². The molecule has 33 heavy (non-hydrogen) atoms. The SMILES string of the molecule is CCOc1cc(/C=C2/SC(=O)N(CC(=O)OC(C)C)C2=O)ccc1OCc1ccc(C)cc1. The Bertz CT molecular complexity index is 1060. The lowest BCUT2D eigenvalue weighted by Crippen LogP contribution is -2.35. The molecule has 8 heteroatoms. The van der Waals surface area contributed by atoms with Crippen LogP contribution in [0.3, 0.4) is 0 Å². The molecular formula is C25H27NO6S. The minimum atomic E-state index is -0.623. The molecule has 7 nitrogen and oxygen atoms in total. The van der Waals surface area contributed by atoms with Crippen molar-refractivity contribution >= 4 is 35.0 Å². The van der Waals surface area contributed by atoms with Crippen LogP contribution in [0.15, 0.2) is 47.4 Å². The van der Waals surface area contributed by atoms with Crippen LogP contribution in [0.25, 0.3) is 6.08 Å². The molecule has 0 saturated carbocycles. The molecule has 2 aromatic carbocycles. The van der Waals surface area contributed by atoms with E-state index in [1.165, 1.54) is 5.56 Å². The first-order chi connectivity index (χ1) is 15.8. The van der Waals surface area contributed by atoms with Crippen molar-refractivity contribution in [1.82, 2.24) is 4.90 Å². The van der Waals surface area contributed by atoms with Gasteiger partial charge in [-0.3, -0.25) is 19.3 Å². The molecule has 0 aliphatic carbocycles. The van der Waals surface area contributed by atoms with Gasteiger partial charge in [0.15, 0.2) is 11.5 Å². The minimum Gasteiger partial charge on any atom is -0.490 e. The molecule has 2 amide bonds. The number of rotatable bonds is 9. The number of benzene rings is 2. The Morgan fingerprint density at radius 3 is 2.45 bits per heavy atom. The van der Waals surface area contributed by atoms with Gasteiger partial charge < -0.3 is 14.2 Å². The van der Waals surface area contributed by atoms with Gasteiger partial charge in [-0.25, -0.2) is 0 Å². The first kappa shape index (κ1) is 24.4. The minimum absolute atomic E-state index is 0.230. The first-order valence-corrected chi connectivity index (χ1v) is 11.5. The number of amides is 2. The first-order valence-electron chi connectivity index (χ1n) is 10.7. The fraction of sp³-hybridized carbons (Fsp3) is 0.320. The summed E-state index contributed by atoms with van der Waals surface area (Å²) in [5.74, 6) is -0.0252. The zero-order valence-electron chi connectivity index (χ0n) is 19.1. The maximum Gasteiger partial charge on any atom is 0.326 e. The predicted octanol–water partition coefficient (Wildman–Crippen LogP) is 4.96. The lowest BCUT2D eigenvalue weighted by atomic mass is 10.1. The number of hydrogen-bond acceptors (Lipinski definition) is 7. The van der Waals surface area contributed by atoms with Crippen molar-refractivity contribution < 1.29 is 28.6 Å². The van der Waals surface area contributed by atoms with Gasteiger partial charge in [0, 0.05) is 0 Å². The van der Waals surface area contributed by atoms with E-state index in [1.54, 1.807) is 38.1 Å². The Kier molecular flexibility index (Phi) is 8.16. The topological polar surface area (TPSA) is 82.1 Å². The largest absolute Gasteiger partial charge is 0.490 e. The average Bonchev–Trinajstić information content (AvgIpc) is 3.01. The van der Waals surface area contributed by atoms with E-state index in [0.29, 0.717) is 30.3 Å². The lowest BCUT2D eigenvalue weighted by Gasteiger charge is -2.13. The summed E-state index contributed by atoms with van der Waals surface area (Å²) in [7, 11) is 0. The van der Waals surface area contributed by atoms with Gasteiger partial charge in [-0.15, -0.1) is 0 Å². The highest BCUT2D eigenvalue weighted by Gasteiger charge is 2.36. The molecule has 2 aromatic rings. The van der Waals surface area contributed by atoms with E-state index in [2.05, 4.69) is 0 Å². The van der Waals surface area contributed by atoms with Crippen LogP contribution < -0.4 is 9.47 Å². The molecule has 1 aliphatic heterocycles. The van der Waals surface area contributed by atoms with E-state index in [4.69, 9.17) is 14.2 Å². The number of ether oxygens (including phenoxy) is 3. The second kappa shape index (κ2) is 11.0. The molecule has 0 aromatic heterocycles. The van der Waals surface area contributed by atoms with Gasteiger partial charge >= 0.3 is 5.97 Å². The molecule has 1 aliphatic rings. The molecule has 0 bridgehead atoms. The molecule has 1 fully saturated rings. The number of thioether (sulfide) groups is 1. The molecule has 1 saturated heterocycles. The van der Waals surface area contributed by atoms with Crippen LogP contribution in [0.5, 0.6) is 11.5 Å². The molecule has 1 heterocycles. The van der Waals surface area contributed by atoms with Crippen molar-refractivity contribution in [2.75, 3.05) is 13.2 Å². The van der Waals surface area contributed by atoms with Gasteiger partial charge in [0.25, 0.3) is 11.1 Å². The van der Waals surface area contributed by atoms with E-state index in [1.807, 2.05) is 38.1 Å². The normalized spacial score (nSPS) is 14.8. The van der Waals surface area contributed by atoms with Gasteiger partial charge in [-0.05, 0) is 68.8 Å². The zero-order valence-corrected chi connectivity index (χ0v) is 19.9. The summed E-state index contributed by atoms with van der Waals surface area (Å²) < 4.78 is 16.7. The standard InChI is InChI=1S/C25H27NO6S/c1-5-30-21-12-19(10-11-20(21)31-15-18-8-6-17(4)7-9-18)13-22-24(28)26(25(29)33-22)14-23(27)32-16(2)3/h6-13,16H,5,14-15H2,1-4H3/b22-13+. The Hall–Kier alpha value is -3.26. The molecule has 0 atom stereocenters. The Morgan fingerprint density at radius 1 is 1.06 bits per heavy atom. The van der Waals surface area contributed by atoms with Gasteiger partial charge in [-0.1, -0.05) is 35.9 Å². The molecule has 3 rings (SSSR count). The molecule has 0 N–H and O–H groups in total. The summed E-state index contributed by atoms with van der Waals surface area (Å²) in [5, 5.41) is -0.505. The van der Waals surface area contributed by atoms with E-state index in [0.717, 1.165) is 22.2 Å². The smallest absolute Gasteiger partial charge is 0.326 e. The third kappa shape index (κ3) is 6.61. The highest BCUT2D eigenvalue weighted by atomic mass is 32.2. The van der Waals surface area contributed by atoms with Crippen molar-refractivity contribution in [3.8, 4) is 11.5 Å². The number of esters is 1. The Morgan fingerprint density at radius 2 is 1.79 bits per heavy atom. The molecule has 174 valence electrons. The van der Waals surface area contributed by atoms with Gasteiger partial charge in [0.05, 0.1) is 17.6 Å². The van der Waals surface area contributed by atoms with E-state index in [9.17, 15) is 14.4 Å². The summed E-state index contributed by atoms with van der Waals surface area (Å²) in [4.78, 5) is 37.9. The van der Waals surface area contributed by atoms with E-state index >= 15 is 0 Å². The number of imide groups is 1. The monoisotopic (exact) mass is 469 g/mol. The van der Waals surface area contributed by atoms with Crippen LogP contribution >= 0.6 is 11.8 Å². The fourth-order valence-electron chi connectivity index (χ4n) is 3.06. The number of carbonyl (C=O) groups is 3. The molecule has 0 spiro atoms. The van der Waals surface area contributed by atoms with Crippen molar-refractivity contribution in [3.05, 3.63) is 64.1 Å². The number of aryl methyl sites for hydroxylation is 1.